The predicted octanol–water partition coefficient (Wildman–Crippen LogP) is 3.71. The quantitative estimate of drug-likeness (QED) is 0.523. The topological polar surface area (TPSA) is 114 Å². The van der Waals surface area contributed by atoms with E-state index in [1.165, 1.54) is 42.0 Å². The molecular weight excluding hydrogens is 431 g/mol. The summed E-state index contributed by atoms with van der Waals surface area (Å²) in [4.78, 5) is 35.3. The molecule has 32 heavy (non-hydrogen) atoms. The van der Waals surface area contributed by atoms with Gasteiger partial charge in [-0.05, 0) is 67.5 Å². The number of Topliss-reactive ketones (excluding diaryl/α,β-unsaturated/α-hetero) is 1. The highest BCUT2D eigenvalue weighted by molar-refractivity contribution is 7.10. The van der Waals surface area contributed by atoms with E-state index < -0.39 is 5.91 Å². The van der Waals surface area contributed by atoms with Gasteiger partial charge in [0, 0.05) is 25.1 Å². The molecule has 8 nitrogen and oxygen atoms in total. The number of aryl methyl sites for hydroxylation is 1. The molecule has 3 N–H and O–H groups in total. The lowest BCUT2D eigenvalue weighted by atomic mass is 9.91. The van der Waals surface area contributed by atoms with Crippen LogP contribution in [0.15, 0.2) is 36.5 Å². The van der Waals surface area contributed by atoms with Gasteiger partial charge in [0.05, 0.1) is 11.9 Å². The summed E-state index contributed by atoms with van der Waals surface area (Å²) < 4.78 is 17.3. The van der Waals surface area contributed by atoms with Crippen LogP contribution in [-0.2, 0) is 0 Å². The molecule has 2 aromatic heterocycles. The maximum absolute atomic E-state index is 13.1. The van der Waals surface area contributed by atoms with Crippen molar-refractivity contribution < 1.29 is 14.0 Å². The second kappa shape index (κ2) is 9.39. The maximum Gasteiger partial charge on any atom is 0.271 e. The molecule has 0 radical (unpaired) electrons. The van der Waals surface area contributed by atoms with Crippen LogP contribution in [0.25, 0.3) is 0 Å². The van der Waals surface area contributed by atoms with E-state index in [9.17, 15) is 14.0 Å². The number of anilines is 3. The molecule has 1 fully saturated rings. The first-order valence-electron chi connectivity index (χ1n) is 10.3. The van der Waals surface area contributed by atoms with Crippen molar-refractivity contribution in [3.63, 3.8) is 0 Å². The molecule has 1 aliphatic heterocycles. The van der Waals surface area contributed by atoms with Gasteiger partial charge in [0.1, 0.15) is 16.6 Å². The molecule has 1 amide bonds. The van der Waals surface area contributed by atoms with Crippen molar-refractivity contribution in [2.75, 3.05) is 23.3 Å². The first-order chi connectivity index (χ1) is 15.4. The standard InChI is InChI=1S/C22H23FN6O2S/c1-13-9-19(32-28-13)27-22-20(21(24)31)25-11-18(26-22)29-8-2-3-14(12-29)10-17(30)15-4-6-16(23)7-5-15/h4-7,9,11,14H,2-3,8,10,12H2,1H3,(H2,24,31)(H,26,27)/t14-/m0/s1. The van der Waals surface area contributed by atoms with Gasteiger partial charge >= 0.3 is 0 Å². The number of nitrogens with one attached hydrogen (secondary N) is 1. The van der Waals surface area contributed by atoms with Crippen molar-refractivity contribution >= 4 is 39.9 Å². The number of primary amides is 1. The highest BCUT2D eigenvalue weighted by Crippen LogP contribution is 2.28. The molecule has 3 aromatic rings. The zero-order chi connectivity index (χ0) is 22.7. The van der Waals surface area contributed by atoms with Crippen LogP contribution in [0.1, 0.15) is 45.8 Å². The summed E-state index contributed by atoms with van der Waals surface area (Å²) in [6.07, 6.45) is 3.73. The second-order valence-electron chi connectivity index (χ2n) is 7.84. The van der Waals surface area contributed by atoms with Crippen LogP contribution >= 0.6 is 11.5 Å². The number of amides is 1. The van der Waals surface area contributed by atoms with E-state index in [2.05, 4.69) is 24.6 Å². The molecule has 0 saturated carbocycles. The number of nitrogens with zero attached hydrogens (tertiary/aromatic N) is 4. The van der Waals surface area contributed by atoms with E-state index in [-0.39, 0.29) is 29.0 Å². The van der Waals surface area contributed by atoms with Gasteiger partial charge in [-0.25, -0.2) is 14.4 Å². The molecule has 1 saturated heterocycles. The van der Waals surface area contributed by atoms with E-state index in [0.717, 1.165) is 30.1 Å². The summed E-state index contributed by atoms with van der Waals surface area (Å²) in [6, 6.07) is 7.49. The molecule has 4 rings (SSSR count). The molecule has 0 aliphatic carbocycles. The van der Waals surface area contributed by atoms with Gasteiger partial charge < -0.3 is 16.0 Å². The third-order valence-corrected chi connectivity index (χ3v) is 6.14. The van der Waals surface area contributed by atoms with Crippen LogP contribution in [0.4, 0.5) is 21.0 Å². The van der Waals surface area contributed by atoms with Crippen LogP contribution < -0.4 is 16.0 Å². The van der Waals surface area contributed by atoms with Crippen molar-refractivity contribution in [2.24, 2.45) is 11.7 Å². The Kier molecular flexibility index (Phi) is 6.40. The van der Waals surface area contributed by atoms with Crippen molar-refractivity contribution in [2.45, 2.75) is 26.2 Å². The fourth-order valence-corrected chi connectivity index (χ4v) is 4.46. The Morgan fingerprint density at radius 2 is 2.09 bits per heavy atom. The highest BCUT2D eigenvalue weighted by atomic mass is 32.1. The number of hydrogen-bond donors (Lipinski definition) is 2. The van der Waals surface area contributed by atoms with Crippen LogP contribution in [-0.4, -0.2) is 39.1 Å². The molecule has 10 heteroatoms. The van der Waals surface area contributed by atoms with Crippen molar-refractivity contribution in [1.82, 2.24) is 14.3 Å². The molecule has 1 aromatic carbocycles. The van der Waals surface area contributed by atoms with Crippen molar-refractivity contribution in [3.8, 4) is 0 Å². The zero-order valence-electron chi connectivity index (χ0n) is 17.5. The summed E-state index contributed by atoms with van der Waals surface area (Å²) in [6.45, 7) is 3.28. The average Bonchev–Trinajstić information content (AvgIpc) is 3.18. The van der Waals surface area contributed by atoms with E-state index in [1.54, 1.807) is 0 Å². The minimum atomic E-state index is -0.672. The second-order valence-corrected chi connectivity index (χ2v) is 8.64. The number of hydrogen-bond acceptors (Lipinski definition) is 8. The highest BCUT2D eigenvalue weighted by Gasteiger charge is 2.25. The maximum atomic E-state index is 13.1. The summed E-state index contributed by atoms with van der Waals surface area (Å²) in [5.74, 6) is -0.00860. The van der Waals surface area contributed by atoms with Gasteiger partial charge in [0.25, 0.3) is 5.91 Å². The molecule has 166 valence electrons. The number of benzene rings is 1. The summed E-state index contributed by atoms with van der Waals surface area (Å²) in [7, 11) is 0. The lowest BCUT2D eigenvalue weighted by molar-refractivity contribution is 0.0954. The van der Waals surface area contributed by atoms with Crippen molar-refractivity contribution in [3.05, 3.63) is 59.3 Å². The number of halogens is 1. The van der Waals surface area contributed by atoms with Crippen LogP contribution in [0.5, 0.6) is 0 Å². The van der Waals surface area contributed by atoms with E-state index in [0.29, 0.717) is 24.3 Å². The van der Waals surface area contributed by atoms with Gasteiger partial charge in [-0.3, -0.25) is 9.59 Å². The molecule has 0 spiro atoms. The molecule has 3 heterocycles. The first kappa shape index (κ1) is 21.8. The normalized spacial score (nSPS) is 16.1. The third kappa shape index (κ3) is 5.08. The Labute approximate surface area is 188 Å². The number of carbonyl (C=O) groups excluding carboxylic acids is 2. The molecule has 1 aliphatic rings. The Hall–Kier alpha value is -3.40. The molecule has 1 atom stereocenters. The Balaban J connectivity index is 1.49. The number of piperidine rings is 1. The fourth-order valence-electron chi connectivity index (χ4n) is 3.79. The third-order valence-electron chi connectivity index (χ3n) is 5.35. The molecular formula is C22H23FN6O2S. The summed E-state index contributed by atoms with van der Waals surface area (Å²) >= 11 is 1.26. The first-order valence-corrected chi connectivity index (χ1v) is 11.1. The van der Waals surface area contributed by atoms with Gasteiger partial charge in [-0.2, -0.15) is 4.37 Å². The number of rotatable bonds is 7. The minimum absolute atomic E-state index is 0.00469. The smallest absolute Gasteiger partial charge is 0.271 e. The molecule has 0 unspecified atom stereocenters. The predicted molar refractivity (Wildman–Crippen MR) is 121 cm³/mol. The number of ketones is 1. The minimum Gasteiger partial charge on any atom is -0.364 e. The monoisotopic (exact) mass is 454 g/mol. The Morgan fingerprint density at radius 1 is 1.31 bits per heavy atom. The van der Waals surface area contributed by atoms with Gasteiger partial charge in [-0.1, -0.05) is 0 Å². The number of aromatic nitrogens is 3. The zero-order valence-corrected chi connectivity index (χ0v) is 18.4. The summed E-state index contributed by atoms with van der Waals surface area (Å²) in [5.41, 5.74) is 6.90. The Morgan fingerprint density at radius 3 is 2.78 bits per heavy atom. The van der Waals surface area contributed by atoms with Crippen LogP contribution in [0.2, 0.25) is 0 Å². The van der Waals surface area contributed by atoms with Gasteiger partial charge in [0.2, 0.25) is 0 Å². The van der Waals surface area contributed by atoms with Gasteiger partial charge in [0.15, 0.2) is 17.3 Å². The SMILES string of the molecule is Cc1cc(Nc2nc(N3CCC[C@@H](CC(=O)c4ccc(F)cc4)C3)cnc2C(N)=O)sn1. The summed E-state index contributed by atoms with van der Waals surface area (Å²) in [5, 5.41) is 3.83. The van der Waals surface area contributed by atoms with Crippen molar-refractivity contribution in [1.29, 1.82) is 0 Å². The fraction of sp³-hybridized carbons (Fsp3) is 0.318. The Bertz CT molecular complexity index is 1130. The van der Waals surface area contributed by atoms with E-state index in [4.69, 9.17) is 5.73 Å². The van der Waals surface area contributed by atoms with E-state index in [1.807, 2.05) is 13.0 Å². The van der Waals surface area contributed by atoms with Crippen LogP contribution in [0.3, 0.4) is 0 Å². The van der Waals surface area contributed by atoms with E-state index >= 15 is 0 Å². The lowest BCUT2D eigenvalue weighted by Crippen LogP contribution is -2.37. The molecule has 0 bridgehead atoms. The van der Waals surface area contributed by atoms with Gasteiger partial charge in [-0.15, -0.1) is 0 Å². The number of nitrogens with two attached hydrogens (primary N) is 1. The largest absolute Gasteiger partial charge is 0.364 e. The van der Waals surface area contributed by atoms with Crippen LogP contribution in [0, 0.1) is 18.7 Å². The lowest BCUT2D eigenvalue weighted by Gasteiger charge is -2.33. The average molecular weight is 455 g/mol. The number of carbonyl (C=O) groups is 2.